The van der Waals surface area contributed by atoms with Crippen molar-refractivity contribution in [3.8, 4) is 0 Å². The SMILES string of the molecule is CN(C)C(=S)SC1CCOC1=O. The molecule has 68 valence electrons. The smallest absolute Gasteiger partial charge is 0.319 e. The maximum absolute atomic E-state index is 11.0. The Morgan fingerprint density at radius 2 is 2.42 bits per heavy atom. The lowest BCUT2D eigenvalue weighted by atomic mass is 10.4. The van der Waals surface area contributed by atoms with Gasteiger partial charge in [0.2, 0.25) is 0 Å². The van der Waals surface area contributed by atoms with Crippen molar-refractivity contribution in [2.24, 2.45) is 0 Å². The summed E-state index contributed by atoms with van der Waals surface area (Å²) in [6.07, 6.45) is 0.775. The molecule has 1 saturated heterocycles. The van der Waals surface area contributed by atoms with Gasteiger partial charge in [-0.1, -0.05) is 24.0 Å². The molecule has 1 aliphatic heterocycles. The van der Waals surface area contributed by atoms with E-state index in [4.69, 9.17) is 17.0 Å². The number of ether oxygens (including phenoxy) is 1. The van der Waals surface area contributed by atoms with E-state index in [-0.39, 0.29) is 11.2 Å². The number of hydrogen-bond donors (Lipinski definition) is 0. The van der Waals surface area contributed by atoms with Crippen molar-refractivity contribution < 1.29 is 9.53 Å². The van der Waals surface area contributed by atoms with Gasteiger partial charge in [-0.15, -0.1) is 0 Å². The van der Waals surface area contributed by atoms with E-state index < -0.39 is 0 Å². The van der Waals surface area contributed by atoms with Crippen LogP contribution in [0.15, 0.2) is 0 Å². The predicted molar refractivity (Wildman–Crippen MR) is 53.2 cm³/mol. The molecule has 0 aromatic heterocycles. The molecule has 1 heterocycles. The van der Waals surface area contributed by atoms with Crippen LogP contribution in [0.1, 0.15) is 6.42 Å². The third-order valence-electron chi connectivity index (χ3n) is 1.50. The van der Waals surface area contributed by atoms with E-state index >= 15 is 0 Å². The van der Waals surface area contributed by atoms with Gasteiger partial charge in [0.25, 0.3) is 0 Å². The molecule has 1 unspecified atom stereocenters. The first-order chi connectivity index (χ1) is 5.61. The lowest BCUT2D eigenvalue weighted by Gasteiger charge is -2.14. The minimum absolute atomic E-state index is 0.0834. The van der Waals surface area contributed by atoms with E-state index in [1.165, 1.54) is 11.8 Å². The van der Waals surface area contributed by atoms with Crippen molar-refractivity contribution in [3.63, 3.8) is 0 Å². The molecule has 3 nitrogen and oxygen atoms in total. The number of thioether (sulfide) groups is 1. The minimum Gasteiger partial charge on any atom is -0.465 e. The van der Waals surface area contributed by atoms with Gasteiger partial charge in [0, 0.05) is 20.5 Å². The number of nitrogens with zero attached hydrogens (tertiary/aromatic N) is 1. The van der Waals surface area contributed by atoms with E-state index in [0.29, 0.717) is 6.61 Å². The molecule has 0 amide bonds. The molecule has 12 heavy (non-hydrogen) atoms. The van der Waals surface area contributed by atoms with Crippen LogP contribution in [-0.4, -0.2) is 41.1 Å². The summed E-state index contributed by atoms with van der Waals surface area (Å²) in [5, 5.41) is -0.0834. The van der Waals surface area contributed by atoms with Crippen LogP contribution in [0.25, 0.3) is 0 Å². The molecule has 0 saturated carbocycles. The third-order valence-corrected chi connectivity index (χ3v) is 3.43. The van der Waals surface area contributed by atoms with E-state index in [9.17, 15) is 4.79 Å². The zero-order chi connectivity index (χ0) is 9.14. The van der Waals surface area contributed by atoms with Gasteiger partial charge in [0.1, 0.15) is 9.57 Å². The Labute approximate surface area is 81.4 Å². The Balaban J connectivity index is 2.40. The molecule has 1 aliphatic rings. The fraction of sp³-hybridized carbons (Fsp3) is 0.714. The second-order valence-corrected chi connectivity index (χ2v) is 4.56. The highest BCUT2D eigenvalue weighted by Crippen LogP contribution is 2.23. The maximum Gasteiger partial charge on any atom is 0.319 e. The molecular formula is C7H11NO2S2. The van der Waals surface area contributed by atoms with E-state index in [2.05, 4.69) is 0 Å². The zero-order valence-corrected chi connectivity index (χ0v) is 8.70. The average Bonchev–Trinajstić information content (AvgIpc) is 2.36. The summed E-state index contributed by atoms with van der Waals surface area (Å²) in [6, 6.07) is 0. The standard InChI is InChI=1S/C7H11NO2S2/c1-8(2)7(11)12-5-3-4-10-6(5)9/h5H,3-4H2,1-2H3. The molecular weight excluding hydrogens is 194 g/mol. The molecule has 0 N–H and O–H groups in total. The zero-order valence-electron chi connectivity index (χ0n) is 7.07. The minimum atomic E-state index is -0.135. The van der Waals surface area contributed by atoms with Crippen molar-refractivity contribution >= 4 is 34.3 Å². The van der Waals surface area contributed by atoms with Gasteiger partial charge in [0.05, 0.1) is 6.61 Å². The van der Waals surface area contributed by atoms with Gasteiger partial charge in [-0.2, -0.15) is 0 Å². The fourth-order valence-electron chi connectivity index (χ4n) is 0.811. The van der Waals surface area contributed by atoms with Crippen molar-refractivity contribution in [2.75, 3.05) is 20.7 Å². The molecule has 0 spiro atoms. The van der Waals surface area contributed by atoms with E-state index in [1.807, 2.05) is 19.0 Å². The highest BCUT2D eigenvalue weighted by atomic mass is 32.2. The second kappa shape index (κ2) is 4.09. The number of thiocarbonyl (C=S) groups is 1. The average molecular weight is 205 g/mol. The molecule has 0 radical (unpaired) electrons. The first-order valence-corrected chi connectivity index (χ1v) is 4.94. The summed E-state index contributed by atoms with van der Waals surface area (Å²) in [6.45, 7) is 0.534. The molecule has 1 atom stereocenters. The van der Waals surface area contributed by atoms with Crippen molar-refractivity contribution in [2.45, 2.75) is 11.7 Å². The van der Waals surface area contributed by atoms with Gasteiger partial charge in [-0.25, -0.2) is 0 Å². The Kier molecular flexibility index (Phi) is 3.34. The third kappa shape index (κ3) is 2.35. The summed E-state index contributed by atoms with van der Waals surface area (Å²) < 4.78 is 5.54. The number of hydrogen-bond acceptors (Lipinski definition) is 4. The van der Waals surface area contributed by atoms with Crippen LogP contribution in [0.3, 0.4) is 0 Å². The quantitative estimate of drug-likeness (QED) is 0.468. The van der Waals surface area contributed by atoms with E-state index in [1.54, 1.807) is 0 Å². The van der Waals surface area contributed by atoms with Crippen molar-refractivity contribution in [1.82, 2.24) is 4.90 Å². The normalized spacial score (nSPS) is 22.2. The summed E-state index contributed by atoms with van der Waals surface area (Å²) in [5.41, 5.74) is 0. The van der Waals surface area contributed by atoms with Crippen LogP contribution < -0.4 is 0 Å². The number of carbonyl (C=O) groups excluding carboxylic acids is 1. The number of cyclic esters (lactones) is 1. The van der Waals surface area contributed by atoms with Crippen LogP contribution in [-0.2, 0) is 9.53 Å². The molecule has 0 aromatic carbocycles. The second-order valence-electron chi connectivity index (χ2n) is 2.72. The lowest BCUT2D eigenvalue weighted by molar-refractivity contribution is -0.137. The van der Waals surface area contributed by atoms with Crippen LogP contribution in [0.4, 0.5) is 0 Å². The molecule has 0 aromatic rings. The highest BCUT2D eigenvalue weighted by molar-refractivity contribution is 8.23. The number of rotatable bonds is 1. The monoisotopic (exact) mass is 205 g/mol. The Morgan fingerprint density at radius 3 is 2.83 bits per heavy atom. The number of esters is 1. The number of carbonyl (C=O) groups is 1. The Hall–Kier alpha value is -0.290. The highest BCUT2D eigenvalue weighted by Gasteiger charge is 2.28. The van der Waals surface area contributed by atoms with Crippen LogP contribution >= 0.6 is 24.0 Å². The van der Waals surface area contributed by atoms with Crippen LogP contribution in [0.2, 0.25) is 0 Å². The molecule has 0 aliphatic carbocycles. The first kappa shape index (κ1) is 9.80. The van der Waals surface area contributed by atoms with Gasteiger partial charge in [-0.05, 0) is 0 Å². The topological polar surface area (TPSA) is 29.5 Å². The summed E-state index contributed by atoms with van der Waals surface area (Å²) >= 11 is 6.45. The summed E-state index contributed by atoms with van der Waals surface area (Å²) in [7, 11) is 3.74. The molecule has 1 fully saturated rings. The predicted octanol–water partition coefficient (Wildman–Crippen LogP) is 0.882. The Morgan fingerprint density at radius 1 is 1.75 bits per heavy atom. The van der Waals surface area contributed by atoms with Gasteiger partial charge in [0.15, 0.2) is 0 Å². The van der Waals surface area contributed by atoms with Gasteiger partial charge in [-0.3, -0.25) is 4.79 Å². The molecule has 0 bridgehead atoms. The van der Waals surface area contributed by atoms with Crippen molar-refractivity contribution in [1.29, 1.82) is 0 Å². The lowest BCUT2D eigenvalue weighted by Crippen LogP contribution is -2.21. The largest absolute Gasteiger partial charge is 0.465 e. The van der Waals surface area contributed by atoms with Gasteiger partial charge < -0.3 is 9.64 Å². The van der Waals surface area contributed by atoms with E-state index in [0.717, 1.165) is 10.7 Å². The summed E-state index contributed by atoms with van der Waals surface area (Å²) in [4.78, 5) is 12.8. The summed E-state index contributed by atoms with van der Waals surface area (Å²) in [5.74, 6) is -0.135. The Bertz CT molecular complexity index is 206. The van der Waals surface area contributed by atoms with Crippen molar-refractivity contribution in [3.05, 3.63) is 0 Å². The molecule has 1 rings (SSSR count). The first-order valence-electron chi connectivity index (χ1n) is 3.66. The maximum atomic E-state index is 11.0. The van der Waals surface area contributed by atoms with Crippen LogP contribution in [0.5, 0.6) is 0 Å². The van der Waals surface area contributed by atoms with Gasteiger partial charge >= 0.3 is 5.97 Å². The molecule has 5 heteroatoms. The fourth-order valence-corrected chi connectivity index (χ4v) is 1.99. The van der Waals surface area contributed by atoms with Crippen LogP contribution in [0, 0.1) is 0 Å².